The fraction of sp³-hybridized carbons (Fsp3) is 0.385. The highest BCUT2D eigenvalue weighted by Gasteiger charge is 2.54. The van der Waals surface area contributed by atoms with Gasteiger partial charge in [0, 0.05) is 16.4 Å². The first-order valence-electron chi connectivity index (χ1n) is 11.9. The van der Waals surface area contributed by atoms with E-state index in [0.717, 1.165) is 50.3 Å². The number of aromatic nitrogens is 5. The van der Waals surface area contributed by atoms with Gasteiger partial charge in [-0.15, -0.1) is 5.10 Å². The van der Waals surface area contributed by atoms with Crippen LogP contribution in [-0.4, -0.2) is 25.1 Å². The molecule has 3 aliphatic rings. The molecular formula is C26H23F4N5O. The lowest BCUT2D eigenvalue weighted by Gasteiger charge is -2.51. The van der Waals surface area contributed by atoms with Crippen molar-refractivity contribution in [1.29, 1.82) is 0 Å². The Labute approximate surface area is 204 Å². The molecule has 2 aromatic carbocycles. The molecule has 0 spiro atoms. The first kappa shape index (κ1) is 22.9. The number of hydrogen-bond acceptors (Lipinski definition) is 5. The summed E-state index contributed by atoms with van der Waals surface area (Å²) in [5, 5.41) is 12.7. The maximum atomic E-state index is 13.6. The van der Waals surface area contributed by atoms with Crippen LogP contribution in [-0.2, 0) is 17.0 Å². The molecule has 3 fully saturated rings. The molecule has 2 heterocycles. The highest BCUT2D eigenvalue weighted by Crippen LogP contribution is 2.58. The Morgan fingerprint density at radius 1 is 0.889 bits per heavy atom. The number of benzene rings is 2. The van der Waals surface area contributed by atoms with Crippen molar-refractivity contribution in [2.45, 2.75) is 62.5 Å². The maximum Gasteiger partial charge on any atom is 0.418 e. The molecule has 0 N–H and O–H groups in total. The SMILES string of the molecule is Cc1c(C23CCC(c4nc(-c5ccc(F)cc5)no4)(CC2)CC3)nnn1-c1ccccc1C(F)(F)F. The molecular weight excluding hydrogens is 474 g/mol. The largest absolute Gasteiger partial charge is 0.418 e. The van der Waals surface area contributed by atoms with Crippen LogP contribution < -0.4 is 0 Å². The molecule has 186 valence electrons. The van der Waals surface area contributed by atoms with E-state index in [1.807, 2.05) is 0 Å². The minimum Gasteiger partial charge on any atom is -0.338 e. The predicted molar refractivity (Wildman–Crippen MR) is 122 cm³/mol. The Morgan fingerprint density at radius 2 is 1.53 bits per heavy atom. The van der Waals surface area contributed by atoms with Crippen molar-refractivity contribution in [2.24, 2.45) is 0 Å². The van der Waals surface area contributed by atoms with Gasteiger partial charge in [-0.1, -0.05) is 22.5 Å². The van der Waals surface area contributed by atoms with Crippen molar-refractivity contribution in [3.8, 4) is 17.1 Å². The average Bonchev–Trinajstić information content (AvgIpc) is 3.53. The second kappa shape index (κ2) is 7.97. The van der Waals surface area contributed by atoms with Gasteiger partial charge in [-0.3, -0.25) is 0 Å². The standard InChI is InChI=1S/C26H23F4N5O/c1-16-21(32-34-35(16)20-5-3-2-4-19(20)26(28,29)30)24-10-13-25(14-11-24,15-12-24)23-31-22(33-36-23)17-6-8-18(27)9-7-17/h2-9H,10-15H2,1H3. The summed E-state index contributed by atoms with van der Waals surface area (Å²) in [4.78, 5) is 4.65. The smallest absolute Gasteiger partial charge is 0.338 e. The molecule has 4 aromatic rings. The Hall–Kier alpha value is -3.56. The molecule has 3 saturated carbocycles. The first-order chi connectivity index (χ1) is 17.2. The fourth-order valence-corrected chi connectivity index (χ4v) is 5.96. The van der Waals surface area contributed by atoms with Crippen molar-refractivity contribution >= 4 is 0 Å². The Bertz CT molecular complexity index is 1400. The predicted octanol–water partition coefficient (Wildman–Crippen LogP) is 6.33. The molecule has 0 unspecified atom stereocenters. The van der Waals surface area contributed by atoms with Crippen LogP contribution in [0.3, 0.4) is 0 Å². The molecule has 0 saturated heterocycles. The summed E-state index contributed by atoms with van der Waals surface area (Å²) in [5.41, 5.74) is 0.870. The molecule has 6 nitrogen and oxygen atoms in total. The van der Waals surface area contributed by atoms with Crippen LogP contribution in [0.1, 0.15) is 61.4 Å². The summed E-state index contributed by atoms with van der Waals surface area (Å²) >= 11 is 0. The van der Waals surface area contributed by atoms with Gasteiger partial charge in [0.1, 0.15) is 5.82 Å². The van der Waals surface area contributed by atoms with E-state index in [2.05, 4.69) is 20.5 Å². The minimum absolute atomic E-state index is 0.0159. The van der Waals surface area contributed by atoms with Gasteiger partial charge >= 0.3 is 6.18 Å². The zero-order valence-corrected chi connectivity index (χ0v) is 19.5. The van der Waals surface area contributed by atoms with E-state index in [9.17, 15) is 17.6 Å². The molecule has 0 aliphatic heterocycles. The average molecular weight is 497 g/mol. The van der Waals surface area contributed by atoms with E-state index in [0.29, 0.717) is 23.0 Å². The van der Waals surface area contributed by atoms with Gasteiger partial charge in [-0.25, -0.2) is 9.07 Å². The van der Waals surface area contributed by atoms with E-state index >= 15 is 0 Å². The summed E-state index contributed by atoms with van der Waals surface area (Å²) in [6, 6.07) is 11.4. The van der Waals surface area contributed by atoms with Crippen molar-refractivity contribution < 1.29 is 22.1 Å². The Morgan fingerprint density at radius 3 is 2.19 bits per heavy atom. The van der Waals surface area contributed by atoms with E-state index in [1.165, 1.54) is 28.9 Å². The number of nitrogens with zero attached hydrogens (tertiary/aromatic N) is 5. The van der Waals surface area contributed by atoms with Crippen LogP contribution in [0.5, 0.6) is 0 Å². The first-order valence-corrected chi connectivity index (χ1v) is 11.9. The molecule has 36 heavy (non-hydrogen) atoms. The van der Waals surface area contributed by atoms with Crippen LogP contribution in [0.15, 0.2) is 53.1 Å². The monoisotopic (exact) mass is 497 g/mol. The van der Waals surface area contributed by atoms with E-state index in [1.54, 1.807) is 25.1 Å². The number of rotatable bonds is 4. The van der Waals surface area contributed by atoms with Crippen molar-refractivity contribution in [1.82, 2.24) is 25.1 Å². The summed E-state index contributed by atoms with van der Waals surface area (Å²) in [5.74, 6) is 0.699. The van der Waals surface area contributed by atoms with Crippen molar-refractivity contribution in [2.75, 3.05) is 0 Å². The van der Waals surface area contributed by atoms with E-state index < -0.39 is 11.7 Å². The van der Waals surface area contributed by atoms with Crippen LogP contribution in [0, 0.1) is 12.7 Å². The minimum atomic E-state index is -4.49. The van der Waals surface area contributed by atoms with Crippen molar-refractivity contribution in [3.63, 3.8) is 0 Å². The van der Waals surface area contributed by atoms with E-state index in [-0.39, 0.29) is 22.3 Å². The molecule has 0 atom stereocenters. The molecule has 3 aliphatic carbocycles. The lowest BCUT2D eigenvalue weighted by molar-refractivity contribution is -0.137. The number of halogens is 4. The second-order valence-corrected chi connectivity index (χ2v) is 9.94. The number of hydrogen-bond donors (Lipinski definition) is 0. The van der Waals surface area contributed by atoms with Gasteiger partial charge in [0.05, 0.1) is 22.6 Å². The van der Waals surface area contributed by atoms with Gasteiger partial charge in [-0.2, -0.15) is 18.2 Å². The normalized spacial score (nSPS) is 23.8. The van der Waals surface area contributed by atoms with Gasteiger partial charge < -0.3 is 4.52 Å². The van der Waals surface area contributed by atoms with Crippen LogP contribution in [0.4, 0.5) is 17.6 Å². The van der Waals surface area contributed by atoms with E-state index in [4.69, 9.17) is 4.52 Å². The second-order valence-electron chi connectivity index (χ2n) is 9.94. The number of fused-ring (bicyclic) bond motifs is 3. The molecule has 2 bridgehead atoms. The van der Waals surface area contributed by atoms with Gasteiger partial charge in [0.2, 0.25) is 11.7 Å². The van der Waals surface area contributed by atoms with Crippen molar-refractivity contribution in [3.05, 3.63) is 77.2 Å². The van der Waals surface area contributed by atoms with Gasteiger partial charge in [0.15, 0.2) is 0 Å². The van der Waals surface area contributed by atoms with Crippen LogP contribution >= 0.6 is 0 Å². The highest BCUT2D eigenvalue weighted by molar-refractivity contribution is 5.54. The third kappa shape index (κ3) is 3.53. The summed E-state index contributed by atoms with van der Waals surface area (Å²) in [6.07, 6.45) is 0.362. The summed E-state index contributed by atoms with van der Waals surface area (Å²) < 4.78 is 61.1. The molecule has 2 aromatic heterocycles. The quantitative estimate of drug-likeness (QED) is 0.308. The zero-order chi connectivity index (χ0) is 25.1. The summed E-state index contributed by atoms with van der Waals surface area (Å²) in [6.45, 7) is 1.79. The molecule has 0 radical (unpaired) electrons. The highest BCUT2D eigenvalue weighted by atomic mass is 19.4. The Kier molecular flexibility index (Phi) is 5.07. The molecule has 10 heteroatoms. The summed E-state index contributed by atoms with van der Waals surface area (Å²) in [7, 11) is 0. The molecule has 0 amide bonds. The van der Waals surface area contributed by atoms with Gasteiger partial charge in [-0.05, 0) is 81.8 Å². The molecule has 7 rings (SSSR count). The Balaban J connectivity index is 1.27. The van der Waals surface area contributed by atoms with Crippen LogP contribution in [0.2, 0.25) is 0 Å². The third-order valence-electron chi connectivity index (χ3n) is 8.06. The van der Waals surface area contributed by atoms with Crippen LogP contribution in [0.25, 0.3) is 17.1 Å². The third-order valence-corrected chi connectivity index (χ3v) is 8.06. The zero-order valence-electron chi connectivity index (χ0n) is 19.5. The van der Waals surface area contributed by atoms with Gasteiger partial charge in [0.25, 0.3) is 0 Å². The fourth-order valence-electron chi connectivity index (χ4n) is 5.96. The number of alkyl halides is 3. The lowest BCUT2D eigenvalue weighted by Crippen LogP contribution is -2.47. The maximum absolute atomic E-state index is 13.6. The lowest BCUT2D eigenvalue weighted by atomic mass is 9.52. The topological polar surface area (TPSA) is 69.6 Å². The number of para-hydroxylation sites is 1.